The van der Waals surface area contributed by atoms with E-state index >= 15 is 0 Å². The lowest BCUT2D eigenvalue weighted by Gasteiger charge is -2.24. The Labute approximate surface area is 145 Å². The minimum atomic E-state index is -4.51. The van der Waals surface area contributed by atoms with Crippen LogP contribution in [0.25, 0.3) is 0 Å². The van der Waals surface area contributed by atoms with Gasteiger partial charge >= 0.3 is 11.9 Å². The number of halogens is 3. The molecule has 3 rings (SSSR count). The first-order valence-corrected chi connectivity index (χ1v) is 8.00. The van der Waals surface area contributed by atoms with Crippen molar-refractivity contribution in [2.24, 2.45) is 0 Å². The zero-order chi connectivity index (χ0) is 18.9. The minimum absolute atomic E-state index is 0.00839. The van der Waals surface area contributed by atoms with Gasteiger partial charge in [-0.3, -0.25) is 19.1 Å². The van der Waals surface area contributed by atoms with Crippen molar-refractivity contribution >= 4 is 5.91 Å². The third-order valence-electron chi connectivity index (χ3n) is 4.17. The van der Waals surface area contributed by atoms with Gasteiger partial charge in [0.1, 0.15) is 6.54 Å². The molecule has 1 heterocycles. The Balaban J connectivity index is 1.83. The Morgan fingerprint density at radius 2 is 1.88 bits per heavy atom. The zero-order valence-electron chi connectivity index (χ0n) is 13.6. The second-order valence-electron chi connectivity index (χ2n) is 6.15. The molecule has 1 N–H and O–H groups in total. The van der Waals surface area contributed by atoms with Gasteiger partial charge in [-0.2, -0.15) is 13.2 Å². The molecule has 1 amide bonds. The summed E-state index contributed by atoms with van der Waals surface area (Å²) >= 11 is 0. The number of rotatable bonds is 5. The Kier molecular flexibility index (Phi) is 4.71. The summed E-state index contributed by atoms with van der Waals surface area (Å²) in [5, 5.41) is 0. The number of alkyl halides is 3. The van der Waals surface area contributed by atoms with Crippen LogP contribution in [0.1, 0.15) is 24.0 Å². The molecule has 1 fully saturated rings. The Morgan fingerprint density at radius 1 is 1.19 bits per heavy atom. The van der Waals surface area contributed by atoms with E-state index in [9.17, 15) is 27.6 Å². The number of aromatic amines is 1. The first-order chi connectivity index (χ1) is 12.3. The molecule has 0 radical (unpaired) electrons. The van der Waals surface area contributed by atoms with Crippen LogP contribution in [0.2, 0.25) is 0 Å². The van der Waals surface area contributed by atoms with Crippen LogP contribution in [0.4, 0.5) is 13.2 Å². The highest BCUT2D eigenvalue weighted by Crippen LogP contribution is 2.34. The summed E-state index contributed by atoms with van der Waals surface area (Å²) in [5.41, 5.74) is -2.09. The summed E-state index contributed by atoms with van der Waals surface area (Å²) in [6.45, 7) is -0.530. The predicted molar refractivity (Wildman–Crippen MR) is 86.3 cm³/mol. The van der Waals surface area contributed by atoms with E-state index < -0.39 is 28.9 Å². The van der Waals surface area contributed by atoms with Crippen molar-refractivity contribution in [1.29, 1.82) is 0 Å². The number of nitrogens with one attached hydrogen (secondary N) is 1. The molecular formula is C17H16F3N3O3. The SMILES string of the molecule is O=C(Cn1ccc(=O)[nH]c1=O)N(Cc1ccccc1C(F)(F)F)C1CC1. The summed E-state index contributed by atoms with van der Waals surface area (Å²) in [7, 11) is 0. The monoisotopic (exact) mass is 367 g/mol. The summed E-state index contributed by atoms with van der Waals surface area (Å²) in [5.74, 6) is -0.473. The van der Waals surface area contributed by atoms with Crippen LogP contribution in [0, 0.1) is 0 Å². The van der Waals surface area contributed by atoms with Gasteiger partial charge in [-0.25, -0.2) is 4.79 Å². The zero-order valence-corrected chi connectivity index (χ0v) is 13.6. The van der Waals surface area contributed by atoms with Gasteiger partial charge in [0, 0.05) is 24.8 Å². The van der Waals surface area contributed by atoms with E-state index in [1.165, 1.54) is 29.3 Å². The van der Waals surface area contributed by atoms with E-state index in [1.54, 1.807) is 0 Å². The molecular weight excluding hydrogens is 351 g/mol. The maximum absolute atomic E-state index is 13.2. The predicted octanol–water partition coefficient (Wildman–Crippen LogP) is 1.75. The fourth-order valence-electron chi connectivity index (χ4n) is 2.73. The largest absolute Gasteiger partial charge is 0.416 e. The van der Waals surface area contributed by atoms with Crippen LogP contribution >= 0.6 is 0 Å². The van der Waals surface area contributed by atoms with Gasteiger partial charge in [-0.05, 0) is 24.5 Å². The highest BCUT2D eigenvalue weighted by molar-refractivity contribution is 5.76. The number of carbonyl (C=O) groups is 1. The van der Waals surface area contributed by atoms with Gasteiger partial charge in [0.05, 0.1) is 5.56 Å². The number of nitrogens with zero attached hydrogens (tertiary/aromatic N) is 2. The highest BCUT2D eigenvalue weighted by Gasteiger charge is 2.37. The topological polar surface area (TPSA) is 75.2 Å². The van der Waals surface area contributed by atoms with E-state index in [-0.39, 0.29) is 24.7 Å². The van der Waals surface area contributed by atoms with Crippen molar-refractivity contribution in [3.8, 4) is 0 Å². The number of H-pyrrole nitrogens is 1. The van der Waals surface area contributed by atoms with Crippen molar-refractivity contribution in [3.63, 3.8) is 0 Å². The van der Waals surface area contributed by atoms with Gasteiger partial charge in [0.2, 0.25) is 5.91 Å². The lowest BCUT2D eigenvalue weighted by molar-refractivity contribution is -0.140. The number of carbonyl (C=O) groups excluding carboxylic acids is 1. The molecule has 138 valence electrons. The number of hydrogen-bond acceptors (Lipinski definition) is 3. The van der Waals surface area contributed by atoms with Crippen LogP contribution in [0.3, 0.4) is 0 Å². The molecule has 1 saturated carbocycles. The summed E-state index contributed by atoms with van der Waals surface area (Å²) in [6, 6.07) is 6.09. The minimum Gasteiger partial charge on any atom is -0.334 e. The lowest BCUT2D eigenvalue weighted by atomic mass is 10.1. The van der Waals surface area contributed by atoms with Crippen molar-refractivity contribution in [3.05, 3.63) is 68.5 Å². The number of aromatic nitrogens is 2. The average Bonchev–Trinajstić information content (AvgIpc) is 3.39. The first-order valence-electron chi connectivity index (χ1n) is 8.00. The molecule has 26 heavy (non-hydrogen) atoms. The van der Waals surface area contributed by atoms with Crippen LogP contribution in [-0.4, -0.2) is 26.4 Å². The highest BCUT2D eigenvalue weighted by atomic mass is 19.4. The normalized spacial score (nSPS) is 14.3. The van der Waals surface area contributed by atoms with Crippen molar-refractivity contribution < 1.29 is 18.0 Å². The van der Waals surface area contributed by atoms with Crippen LogP contribution < -0.4 is 11.2 Å². The second-order valence-corrected chi connectivity index (χ2v) is 6.15. The molecule has 9 heteroatoms. The number of amides is 1. The first kappa shape index (κ1) is 18.0. The Hall–Kier alpha value is -2.84. The van der Waals surface area contributed by atoms with Crippen LogP contribution in [0.15, 0.2) is 46.1 Å². The van der Waals surface area contributed by atoms with E-state index in [2.05, 4.69) is 0 Å². The standard InChI is InChI=1S/C17H16F3N3O3/c18-17(19,20)13-4-2-1-3-11(13)9-23(12-5-6-12)15(25)10-22-8-7-14(24)21-16(22)26/h1-4,7-8,12H,5-6,9-10H2,(H,21,24,26). The molecule has 1 aliphatic rings. The molecule has 1 aliphatic carbocycles. The smallest absolute Gasteiger partial charge is 0.334 e. The lowest BCUT2D eigenvalue weighted by Crippen LogP contribution is -2.39. The maximum Gasteiger partial charge on any atom is 0.416 e. The van der Waals surface area contributed by atoms with Gasteiger partial charge in [0.15, 0.2) is 0 Å². The molecule has 2 aromatic rings. The number of benzene rings is 1. The van der Waals surface area contributed by atoms with E-state index in [0.29, 0.717) is 12.8 Å². The second kappa shape index (κ2) is 6.81. The quantitative estimate of drug-likeness (QED) is 0.875. The summed E-state index contributed by atoms with van der Waals surface area (Å²) in [6.07, 6.45) is -1.90. The average molecular weight is 367 g/mol. The van der Waals surface area contributed by atoms with Gasteiger partial charge in [0.25, 0.3) is 5.56 Å². The molecule has 0 unspecified atom stereocenters. The van der Waals surface area contributed by atoms with Gasteiger partial charge in [-0.15, -0.1) is 0 Å². The molecule has 0 spiro atoms. The molecule has 1 aromatic heterocycles. The number of hydrogen-bond donors (Lipinski definition) is 1. The molecule has 0 saturated heterocycles. The Morgan fingerprint density at radius 3 is 2.50 bits per heavy atom. The molecule has 0 aliphatic heterocycles. The molecule has 1 aromatic carbocycles. The van der Waals surface area contributed by atoms with Crippen LogP contribution in [0.5, 0.6) is 0 Å². The van der Waals surface area contributed by atoms with Gasteiger partial charge in [-0.1, -0.05) is 18.2 Å². The summed E-state index contributed by atoms with van der Waals surface area (Å²) < 4.78 is 40.5. The fraction of sp³-hybridized carbons (Fsp3) is 0.353. The fourth-order valence-corrected chi connectivity index (χ4v) is 2.73. The van der Waals surface area contributed by atoms with Crippen LogP contribution in [-0.2, 0) is 24.1 Å². The van der Waals surface area contributed by atoms with Crippen molar-refractivity contribution in [2.75, 3.05) is 0 Å². The van der Waals surface area contributed by atoms with Crippen molar-refractivity contribution in [1.82, 2.24) is 14.5 Å². The van der Waals surface area contributed by atoms with E-state index in [0.717, 1.165) is 16.7 Å². The molecule has 0 bridgehead atoms. The Bertz CT molecular complexity index is 929. The van der Waals surface area contributed by atoms with E-state index in [4.69, 9.17) is 0 Å². The third kappa shape index (κ3) is 4.04. The van der Waals surface area contributed by atoms with Gasteiger partial charge < -0.3 is 4.90 Å². The maximum atomic E-state index is 13.2. The summed E-state index contributed by atoms with van der Waals surface area (Å²) in [4.78, 5) is 38.8. The van der Waals surface area contributed by atoms with Crippen molar-refractivity contribution in [2.45, 2.75) is 38.1 Å². The molecule has 0 atom stereocenters. The van der Waals surface area contributed by atoms with E-state index in [1.807, 2.05) is 4.98 Å². The third-order valence-corrected chi connectivity index (χ3v) is 4.17. The molecule has 6 nitrogen and oxygen atoms in total.